The number of benzene rings is 2. The van der Waals surface area contributed by atoms with Gasteiger partial charge in [-0.1, -0.05) is 48.0 Å². The smallest absolute Gasteiger partial charge is 0.312 e. The van der Waals surface area contributed by atoms with Crippen molar-refractivity contribution in [2.24, 2.45) is 0 Å². The van der Waals surface area contributed by atoms with Gasteiger partial charge in [-0.25, -0.2) is 4.98 Å². The van der Waals surface area contributed by atoms with Gasteiger partial charge in [-0.3, -0.25) is 9.59 Å². The van der Waals surface area contributed by atoms with Gasteiger partial charge in [-0.15, -0.1) is 11.3 Å². The Bertz CT molecular complexity index is 1000. The van der Waals surface area contributed by atoms with Crippen molar-refractivity contribution in [1.82, 2.24) is 4.98 Å². The van der Waals surface area contributed by atoms with E-state index in [9.17, 15) is 9.59 Å². The molecule has 1 heterocycles. The standard InChI is InChI=1S/C23H24N2O3S/c1-14-8-10-18(11-9-14)23-24-19(13-29-23)12-20(26)28-17(4)22(27)25-21-15(2)6-5-7-16(21)3/h5-11,13,17H,12H2,1-4H3,(H,25,27)/t17-/m1/s1. The number of hydrogen-bond acceptors (Lipinski definition) is 5. The SMILES string of the molecule is Cc1ccc(-c2nc(CC(=O)O[C@H](C)C(=O)Nc3c(C)cccc3C)cs2)cc1. The van der Waals surface area contributed by atoms with Crippen LogP contribution in [0.1, 0.15) is 29.3 Å². The van der Waals surface area contributed by atoms with E-state index in [0.717, 1.165) is 27.4 Å². The van der Waals surface area contributed by atoms with Crippen molar-refractivity contribution in [2.45, 2.75) is 40.2 Å². The number of hydrogen-bond donors (Lipinski definition) is 1. The van der Waals surface area contributed by atoms with Crippen LogP contribution in [0.25, 0.3) is 10.6 Å². The number of rotatable bonds is 6. The lowest BCUT2D eigenvalue weighted by Crippen LogP contribution is -2.31. The van der Waals surface area contributed by atoms with Gasteiger partial charge in [0.1, 0.15) is 5.01 Å². The lowest BCUT2D eigenvalue weighted by Gasteiger charge is -2.16. The van der Waals surface area contributed by atoms with Crippen LogP contribution < -0.4 is 5.32 Å². The maximum Gasteiger partial charge on any atom is 0.312 e. The van der Waals surface area contributed by atoms with E-state index < -0.39 is 12.1 Å². The summed E-state index contributed by atoms with van der Waals surface area (Å²) in [5, 5.41) is 5.55. The molecule has 3 rings (SSSR count). The second kappa shape index (κ2) is 9.01. The first-order chi connectivity index (χ1) is 13.8. The average Bonchev–Trinajstić information content (AvgIpc) is 3.13. The molecule has 1 N–H and O–H groups in total. The van der Waals surface area contributed by atoms with Crippen LogP contribution in [0.5, 0.6) is 0 Å². The third-order valence-corrected chi connectivity index (χ3v) is 5.52. The fraction of sp³-hybridized carbons (Fsp3) is 0.261. The summed E-state index contributed by atoms with van der Waals surface area (Å²) < 4.78 is 5.31. The Morgan fingerprint density at radius 2 is 1.72 bits per heavy atom. The molecule has 6 heteroatoms. The van der Waals surface area contributed by atoms with E-state index in [1.807, 2.05) is 68.6 Å². The summed E-state index contributed by atoms with van der Waals surface area (Å²) in [6, 6.07) is 13.9. The molecule has 0 aliphatic carbocycles. The van der Waals surface area contributed by atoms with Gasteiger partial charge in [0.15, 0.2) is 6.10 Å². The maximum atomic E-state index is 12.4. The first-order valence-corrected chi connectivity index (χ1v) is 10.3. The Hall–Kier alpha value is -2.99. The lowest BCUT2D eigenvalue weighted by molar-refractivity contribution is -0.152. The highest BCUT2D eigenvalue weighted by Crippen LogP contribution is 2.24. The van der Waals surface area contributed by atoms with Gasteiger partial charge in [-0.05, 0) is 38.8 Å². The predicted octanol–water partition coefficient (Wildman–Crippen LogP) is 4.85. The van der Waals surface area contributed by atoms with Gasteiger partial charge >= 0.3 is 5.97 Å². The summed E-state index contributed by atoms with van der Waals surface area (Å²) in [7, 11) is 0. The molecular formula is C23H24N2O3S. The van der Waals surface area contributed by atoms with Gasteiger partial charge in [0.25, 0.3) is 5.91 Å². The van der Waals surface area contributed by atoms with Gasteiger partial charge in [0.05, 0.1) is 12.1 Å². The van der Waals surface area contributed by atoms with Crippen LogP contribution >= 0.6 is 11.3 Å². The molecule has 0 saturated heterocycles. The normalized spacial score (nSPS) is 11.7. The van der Waals surface area contributed by atoms with Crippen molar-refractivity contribution in [3.63, 3.8) is 0 Å². The number of ether oxygens (including phenoxy) is 1. The molecule has 0 aliphatic rings. The molecule has 0 radical (unpaired) electrons. The number of esters is 1. The Morgan fingerprint density at radius 3 is 2.38 bits per heavy atom. The number of carbonyl (C=O) groups is 2. The van der Waals surface area contributed by atoms with Crippen molar-refractivity contribution < 1.29 is 14.3 Å². The van der Waals surface area contributed by atoms with E-state index in [-0.39, 0.29) is 12.3 Å². The van der Waals surface area contributed by atoms with Crippen molar-refractivity contribution in [1.29, 1.82) is 0 Å². The lowest BCUT2D eigenvalue weighted by atomic mass is 10.1. The van der Waals surface area contributed by atoms with Crippen LogP contribution in [0.15, 0.2) is 47.8 Å². The van der Waals surface area contributed by atoms with Crippen molar-refractivity contribution >= 4 is 28.9 Å². The molecule has 0 saturated carbocycles. The first-order valence-electron chi connectivity index (χ1n) is 9.41. The van der Waals surface area contributed by atoms with E-state index in [0.29, 0.717) is 5.69 Å². The summed E-state index contributed by atoms with van der Waals surface area (Å²) in [5.74, 6) is -0.829. The van der Waals surface area contributed by atoms with Gasteiger partial charge < -0.3 is 10.1 Å². The fourth-order valence-corrected chi connectivity index (χ4v) is 3.72. The Kier molecular flexibility index (Phi) is 6.44. The van der Waals surface area contributed by atoms with Crippen LogP contribution in [0.4, 0.5) is 5.69 Å². The molecule has 3 aromatic rings. The Balaban J connectivity index is 1.57. The fourth-order valence-electron chi connectivity index (χ4n) is 2.89. The number of anilines is 1. The minimum atomic E-state index is -0.892. The number of aromatic nitrogens is 1. The zero-order valence-electron chi connectivity index (χ0n) is 17.0. The summed E-state index contributed by atoms with van der Waals surface area (Å²) >= 11 is 1.48. The maximum absolute atomic E-state index is 12.4. The predicted molar refractivity (Wildman–Crippen MR) is 116 cm³/mol. The van der Waals surface area contributed by atoms with Crippen molar-refractivity contribution in [3.05, 3.63) is 70.2 Å². The monoisotopic (exact) mass is 408 g/mol. The molecule has 0 spiro atoms. The second-order valence-corrected chi connectivity index (χ2v) is 7.93. The highest BCUT2D eigenvalue weighted by molar-refractivity contribution is 7.13. The molecule has 0 bridgehead atoms. The molecule has 0 aliphatic heterocycles. The molecular weight excluding hydrogens is 384 g/mol. The summed E-state index contributed by atoms with van der Waals surface area (Å²) in [5.41, 5.74) is 5.51. The van der Waals surface area contributed by atoms with Gasteiger partial charge in [0.2, 0.25) is 0 Å². The van der Waals surface area contributed by atoms with E-state index >= 15 is 0 Å². The van der Waals surface area contributed by atoms with Crippen molar-refractivity contribution in [3.8, 4) is 10.6 Å². The highest BCUT2D eigenvalue weighted by Gasteiger charge is 2.20. The molecule has 1 atom stereocenters. The quantitative estimate of drug-likeness (QED) is 0.592. The zero-order chi connectivity index (χ0) is 21.0. The molecule has 1 aromatic heterocycles. The molecule has 0 unspecified atom stereocenters. The van der Waals surface area contributed by atoms with E-state index in [2.05, 4.69) is 10.3 Å². The third-order valence-electron chi connectivity index (χ3n) is 4.58. The van der Waals surface area contributed by atoms with E-state index in [1.165, 1.54) is 16.9 Å². The molecule has 29 heavy (non-hydrogen) atoms. The number of amides is 1. The molecule has 1 amide bonds. The van der Waals surface area contributed by atoms with Crippen LogP contribution in [0.2, 0.25) is 0 Å². The largest absolute Gasteiger partial charge is 0.452 e. The van der Waals surface area contributed by atoms with Gasteiger partial charge in [0, 0.05) is 16.6 Å². The van der Waals surface area contributed by atoms with E-state index in [4.69, 9.17) is 4.74 Å². The molecule has 2 aromatic carbocycles. The minimum Gasteiger partial charge on any atom is -0.452 e. The summed E-state index contributed by atoms with van der Waals surface area (Å²) in [4.78, 5) is 29.2. The number of carbonyl (C=O) groups excluding carboxylic acids is 2. The average molecular weight is 409 g/mol. The number of para-hydroxylation sites is 1. The molecule has 5 nitrogen and oxygen atoms in total. The number of aryl methyl sites for hydroxylation is 3. The van der Waals surface area contributed by atoms with Crippen LogP contribution in [-0.4, -0.2) is 23.0 Å². The Morgan fingerprint density at radius 1 is 1.07 bits per heavy atom. The first kappa shape index (κ1) is 20.7. The number of thiazole rings is 1. The summed E-state index contributed by atoms with van der Waals surface area (Å²) in [6.45, 7) is 7.45. The third kappa shape index (κ3) is 5.29. The van der Waals surface area contributed by atoms with E-state index in [1.54, 1.807) is 6.92 Å². The number of nitrogens with one attached hydrogen (secondary N) is 1. The van der Waals surface area contributed by atoms with Crippen molar-refractivity contribution in [2.75, 3.05) is 5.32 Å². The van der Waals surface area contributed by atoms with Crippen LogP contribution in [0, 0.1) is 20.8 Å². The number of nitrogens with zero attached hydrogens (tertiary/aromatic N) is 1. The van der Waals surface area contributed by atoms with Gasteiger partial charge in [-0.2, -0.15) is 0 Å². The molecule has 150 valence electrons. The molecule has 0 fully saturated rings. The van der Waals surface area contributed by atoms with Crippen LogP contribution in [-0.2, 0) is 20.7 Å². The Labute approximate surface area is 174 Å². The second-order valence-electron chi connectivity index (χ2n) is 7.07. The highest BCUT2D eigenvalue weighted by atomic mass is 32.1. The zero-order valence-corrected chi connectivity index (χ0v) is 17.8. The summed E-state index contributed by atoms with van der Waals surface area (Å²) in [6.07, 6.45) is -0.861. The van der Waals surface area contributed by atoms with Crippen LogP contribution in [0.3, 0.4) is 0 Å². The minimum absolute atomic E-state index is 0.0311. The topological polar surface area (TPSA) is 68.3 Å².